The maximum Gasteiger partial charge on any atom is 0.337 e. The van der Waals surface area contributed by atoms with E-state index in [1.807, 2.05) is 26.0 Å². The molecule has 1 aliphatic heterocycles. The zero-order chi connectivity index (χ0) is 32.1. The minimum atomic E-state index is -0.828. The van der Waals surface area contributed by atoms with Crippen molar-refractivity contribution in [1.82, 2.24) is 4.57 Å². The molecule has 0 radical (unpaired) electrons. The number of hydrogen-bond acceptors (Lipinski definition) is 9. The smallest absolute Gasteiger partial charge is 0.337 e. The van der Waals surface area contributed by atoms with Crippen LogP contribution in [0.5, 0.6) is 23.0 Å². The van der Waals surface area contributed by atoms with Gasteiger partial charge in [0.15, 0.2) is 27.8 Å². The molecule has 1 atom stereocenters. The van der Waals surface area contributed by atoms with E-state index in [1.54, 1.807) is 36.4 Å². The zero-order valence-corrected chi connectivity index (χ0v) is 27.9. The Labute approximate surface area is 276 Å². The lowest BCUT2D eigenvalue weighted by atomic mass is 9.97. The number of hydrogen-bond donors (Lipinski definition) is 0. The van der Waals surface area contributed by atoms with Crippen LogP contribution in [-0.4, -0.2) is 38.0 Å². The first-order valence-corrected chi connectivity index (χ1v) is 15.9. The predicted molar refractivity (Wildman–Crippen MR) is 176 cm³/mol. The molecule has 0 bridgehead atoms. The Morgan fingerprint density at radius 1 is 1.00 bits per heavy atom. The van der Waals surface area contributed by atoms with Crippen molar-refractivity contribution in [3.05, 3.63) is 112 Å². The van der Waals surface area contributed by atoms with Crippen molar-refractivity contribution in [2.45, 2.75) is 26.5 Å². The summed E-state index contributed by atoms with van der Waals surface area (Å²) in [5.41, 5.74) is 1.84. The molecular formula is C33H30FIN2O7S. The SMILES string of the molecule is CCOc1ccc([C@@H]2C(C(=O)OC)=CN=c3s/c(=C/c4cc(I)cc(OC)c4OCc4ccc(F)cc4)c(=O)n32)cc1OCC. The fourth-order valence-corrected chi connectivity index (χ4v) is 6.45. The lowest BCUT2D eigenvalue weighted by Gasteiger charge is -2.23. The first kappa shape index (κ1) is 32.2. The number of benzene rings is 3. The normalized spacial score (nSPS) is 14.2. The van der Waals surface area contributed by atoms with Crippen molar-refractivity contribution < 1.29 is 32.9 Å². The Kier molecular flexibility index (Phi) is 10.2. The molecule has 0 aliphatic carbocycles. The lowest BCUT2D eigenvalue weighted by molar-refractivity contribution is -0.136. The first-order chi connectivity index (χ1) is 21.8. The molecule has 45 heavy (non-hydrogen) atoms. The van der Waals surface area contributed by atoms with Crippen LogP contribution in [0.15, 0.2) is 76.2 Å². The minimum Gasteiger partial charge on any atom is -0.493 e. The van der Waals surface area contributed by atoms with Gasteiger partial charge in [-0.25, -0.2) is 14.2 Å². The monoisotopic (exact) mass is 744 g/mol. The topological polar surface area (TPSA) is 97.6 Å². The Morgan fingerprint density at radius 3 is 2.42 bits per heavy atom. The summed E-state index contributed by atoms with van der Waals surface area (Å²) in [5.74, 6) is 1.01. The van der Waals surface area contributed by atoms with E-state index in [1.165, 1.54) is 48.5 Å². The van der Waals surface area contributed by atoms with E-state index in [-0.39, 0.29) is 23.6 Å². The fourth-order valence-electron chi connectivity index (χ4n) is 4.87. The van der Waals surface area contributed by atoms with Crippen LogP contribution in [0.3, 0.4) is 0 Å². The van der Waals surface area contributed by atoms with Crippen LogP contribution >= 0.6 is 33.9 Å². The van der Waals surface area contributed by atoms with Crippen LogP contribution in [-0.2, 0) is 16.1 Å². The standard InChI is InChI=1S/C33H30FIN2O7S/c1-5-42-25-12-9-20(14-26(25)43-6-2)29-24(32(39)41-4)17-36-33-37(29)31(38)28(45-33)15-21-13-23(35)16-27(40-3)30(21)44-18-19-7-10-22(34)11-8-19/h7-17,29H,5-6,18H2,1-4H3/b28-15+/t29-/m1/s1. The molecule has 0 amide bonds. The third-order valence-electron chi connectivity index (χ3n) is 6.86. The summed E-state index contributed by atoms with van der Waals surface area (Å²) < 4.78 is 44.6. The van der Waals surface area contributed by atoms with Crippen LogP contribution in [0.4, 0.5) is 4.39 Å². The van der Waals surface area contributed by atoms with Gasteiger partial charge in [-0.05, 0) is 90.0 Å². The van der Waals surface area contributed by atoms with Gasteiger partial charge in [0.05, 0.1) is 43.6 Å². The Balaban J connectivity index is 1.64. The number of carbonyl (C=O) groups excluding carboxylic acids is 1. The Hall–Kier alpha value is -4.17. The highest BCUT2D eigenvalue weighted by Gasteiger charge is 2.31. The van der Waals surface area contributed by atoms with Crippen LogP contribution in [0.2, 0.25) is 0 Å². The number of aromatic nitrogens is 1. The number of rotatable bonds is 11. The molecule has 0 N–H and O–H groups in total. The van der Waals surface area contributed by atoms with Crippen LogP contribution in [0.25, 0.3) is 6.08 Å². The highest BCUT2D eigenvalue weighted by Crippen LogP contribution is 2.36. The second-order valence-corrected chi connectivity index (χ2v) is 11.9. The van der Waals surface area contributed by atoms with Gasteiger partial charge in [-0.3, -0.25) is 9.36 Å². The molecule has 3 aromatic carbocycles. The van der Waals surface area contributed by atoms with Gasteiger partial charge in [0.25, 0.3) is 5.56 Å². The fraction of sp³-hybridized carbons (Fsp3) is 0.242. The number of esters is 1. The molecule has 234 valence electrons. The quantitative estimate of drug-likeness (QED) is 0.155. The van der Waals surface area contributed by atoms with Crippen molar-refractivity contribution in [2.75, 3.05) is 27.4 Å². The van der Waals surface area contributed by atoms with Gasteiger partial charge in [-0.1, -0.05) is 29.5 Å². The maximum absolute atomic E-state index is 14.1. The third-order valence-corrected chi connectivity index (χ3v) is 8.48. The highest BCUT2D eigenvalue weighted by molar-refractivity contribution is 14.1. The molecule has 1 aliphatic rings. The molecule has 0 saturated heterocycles. The van der Waals surface area contributed by atoms with Gasteiger partial charge < -0.3 is 23.7 Å². The summed E-state index contributed by atoms with van der Waals surface area (Å²) in [6.45, 7) is 4.74. The number of methoxy groups -OCH3 is 2. The molecule has 0 fully saturated rings. The van der Waals surface area contributed by atoms with Crippen LogP contribution in [0, 0.1) is 9.39 Å². The number of halogens is 2. The summed E-state index contributed by atoms with van der Waals surface area (Å²) in [4.78, 5) is 31.9. The van der Waals surface area contributed by atoms with Crippen molar-refractivity contribution in [3.63, 3.8) is 0 Å². The van der Waals surface area contributed by atoms with E-state index < -0.39 is 12.0 Å². The molecule has 0 unspecified atom stereocenters. The molecule has 1 aromatic heterocycles. The predicted octanol–water partition coefficient (Wildman–Crippen LogP) is 5.15. The van der Waals surface area contributed by atoms with Crippen LogP contribution < -0.4 is 33.8 Å². The largest absolute Gasteiger partial charge is 0.493 e. The number of fused-ring (bicyclic) bond motifs is 1. The zero-order valence-electron chi connectivity index (χ0n) is 25.0. The van der Waals surface area contributed by atoms with Gasteiger partial charge in [-0.15, -0.1) is 0 Å². The van der Waals surface area contributed by atoms with E-state index in [4.69, 9.17) is 23.7 Å². The molecule has 12 heteroatoms. The molecule has 5 rings (SSSR count). The minimum absolute atomic E-state index is 0.154. The summed E-state index contributed by atoms with van der Waals surface area (Å²) in [6.07, 6.45) is 3.16. The summed E-state index contributed by atoms with van der Waals surface area (Å²) in [6, 6.07) is 14.2. The van der Waals surface area contributed by atoms with E-state index in [0.717, 1.165) is 9.13 Å². The van der Waals surface area contributed by atoms with E-state index in [9.17, 15) is 14.0 Å². The van der Waals surface area contributed by atoms with Crippen molar-refractivity contribution in [1.29, 1.82) is 0 Å². The van der Waals surface area contributed by atoms with Gasteiger partial charge in [0, 0.05) is 15.3 Å². The molecule has 0 spiro atoms. The van der Waals surface area contributed by atoms with E-state index >= 15 is 0 Å². The molecule has 0 saturated carbocycles. The van der Waals surface area contributed by atoms with Crippen molar-refractivity contribution >= 4 is 46.0 Å². The summed E-state index contributed by atoms with van der Waals surface area (Å²) in [5, 5.41) is 0. The second-order valence-electron chi connectivity index (χ2n) is 9.69. The summed E-state index contributed by atoms with van der Waals surface area (Å²) in [7, 11) is 2.82. The first-order valence-electron chi connectivity index (χ1n) is 14.0. The number of thiazole rings is 1. The van der Waals surface area contributed by atoms with Gasteiger partial charge in [-0.2, -0.15) is 0 Å². The van der Waals surface area contributed by atoms with Gasteiger partial charge >= 0.3 is 5.97 Å². The van der Waals surface area contributed by atoms with Crippen molar-refractivity contribution in [2.24, 2.45) is 4.99 Å². The Bertz CT molecular complexity index is 1940. The average molecular weight is 745 g/mol. The molecule has 9 nitrogen and oxygen atoms in total. The number of ether oxygens (including phenoxy) is 5. The van der Waals surface area contributed by atoms with E-state index in [0.29, 0.717) is 56.7 Å². The average Bonchev–Trinajstić information content (AvgIpc) is 3.35. The van der Waals surface area contributed by atoms with E-state index in [2.05, 4.69) is 27.6 Å². The number of nitrogens with zero attached hydrogens (tertiary/aromatic N) is 2. The molecule has 2 heterocycles. The lowest BCUT2D eigenvalue weighted by Crippen LogP contribution is -2.39. The van der Waals surface area contributed by atoms with Crippen molar-refractivity contribution in [3.8, 4) is 23.0 Å². The number of carbonyl (C=O) groups is 1. The maximum atomic E-state index is 14.1. The highest BCUT2D eigenvalue weighted by atomic mass is 127. The molecule has 4 aromatic rings. The second kappa shape index (κ2) is 14.3. The van der Waals surface area contributed by atoms with Gasteiger partial charge in [0.1, 0.15) is 12.4 Å². The third kappa shape index (κ3) is 6.91. The van der Waals surface area contributed by atoms with Gasteiger partial charge in [0.2, 0.25) is 0 Å². The van der Waals surface area contributed by atoms with Crippen LogP contribution in [0.1, 0.15) is 36.6 Å². The molecular weight excluding hydrogens is 714 g/mol. The summed E-state index contributed by atoms with van der Waals surface area (Å²) >= 11 is 3.35. The Morgan fingerprint density at radius 2 is 1.73 bits per heavy atom.